The van der Waals surface area contributed by atoms with Crippen LogP contribution in [-0.2, 0) is 23.1 Å². The van der Waals surface area contributed by atoms with Crippen LogP contribution >= 0.6 is 0 Å². The van der Waals surface area contributed by atoms with Gasteiger partial charge in [0.2, 0.25) is 5.91 Å². The van der Waals surface area contributed by atoms with Gasteiger partial charge in [-0.3, -0.25) is 9.59 Å². The number of imidazole rings is 1. The summed E-state index contributed by atoms with van der Waals surface area (Å²) in [7, 11) is 1.91. The van der Waals surface area contributed by atoms with E-state index in [0.717, 1.165) is 42.8 Å². The molecule has 1 saturated heterocycles. The van der Waals surface area contributed by atoms with Crippen molar-refractivity contribution in [3.63, 3.8) is 0 Å². The maximum absolute atomic E-state index is 13.3. The van der Waals surface area contributed by atoms with Crippen molar-refractivity contribution < 1.29 is 18.7 Å². The van der Waals surface area contributed by atoms with E-state index in [9.17, 15) is 9.59 Å². The summed E-state index contributed by atoms with van der Waals surface area (Å²) < 4.78 is 13.4. The van der Waals surface area contributed by atoms with E-state index in [-0.39, 0.29) is 24.5 Å². The molecule has 2 amide bonds. The van der Waals surface area contributed by atoms with E-state index < -0.39 is 0 Å². The zero-order valence-electron chi connectivity index (χ0n) is 19.9. The third-order valence-corrected chi connectivity index (χ3v) is 6.92. The Labute approximate surface area is 199 Å². The zero-order chi connectivity index (χ0) is 23.7. The molecule has 1 saturated carbocycles. The molecule has 1 aliphatic carbocycles. The number of amides is 2. The number of carbonyl (C=O) groups is 2. The van der Waals surface area contributed by atoms with Gasteiger partial charge >= 0.3 is 0 Å². The summed E-state index contributed by atoms with van der Waals surface area (Å²) in [5, 5.41) is 5.96. The fraction of sp³-hybridized carbons (Fsp3) is 0.500. The highest BCUT2D eigenvalue weighted by Gasteiger charge is 2.26. The van der Waals surface area contributed by atoms with Gasteiger partial charge in [0.15, 0.2) is 0 Å². The molecule has 0 radical (unpaired) electrons. The van der Waals surface area contributed by atoms with Crippen molar-refractivity contribution in [3.05, 3.63) is 47.2 Å². The minimum absolute atomic E-state index is 0.0149. The number of anilines is 1. The third kappa shape index (κ3) is 4.73. The maximum Gasteiger partial charge on any atom is 0.253 e. The Morgan fingerprint density at radius 1 is 1.15 bits per heavy atom. The van der Waals surface area contributed by atoms with Crippen LogP contribution < -0.4 is 10.6 Å². The van der Waals surface area contributed by atoms with Crippen LogP contribution in [0.25, 0.3) is 11.0 Å². The van der Waals surface area contributed by atoms with Crippen LogP contribution in [0.2, 0.25) is 0 Å². The number of aromatic nitrogens is 2. The number of carbonyl (C=O) groups excluding carboxylic acids is 2. The summed E-state index contributed by atoms with van der Waals surface area (Å²) in [5.41, 5.74) is 2.46. The molecule has 3 aromatic rings. The maximum atomic E-state index is 13.3. The number of aryl methyl sites for hydroxylation is 2. The highest BCUT2D eigenvalue weighted by molar-refractivity contribution is 6.07. The highest BCUT2D eigenvalue weighted by atomic mass is 16.5. The van der Waals surface area contributed by atoms with Crippen molar-refractivity contribution in [2.45, 2.75) is 64.5 Å². The molecule has 34 heavy (non-hydrogen) atoms. The summed E-state index contributed by atoms with van der Waals surface area (Å²) >= 11 is 0. The average molecular weight is 465 g/mol. The standard InChI is InChI=1S/C26H32N4O4/c1-16-9-10-19(34-16)15-27-26(32)20-13-18(28-23(31)12-17-6-3-4-7-17)14-21-24(20)30(2)25(29-21)22-8-5-11-33-22/h9-10,13-14,17,22H,3-8,11-12,15H2,1-2H3,(H,27,32)(H,28,31). The number of hydrogen-bond donors (Lipinski definition) is 2. The van der Waals surface area contributed by atoms with E-state index in [1.165, 1.54) is 12.8 Å². The van der Waals surface area contributed by atoms with Crippen molar-refractivity contribution in [1.29, 1.82) is 0 Å². The molecule has 0 spiro atoms. The molecule has 2 aliphatic rings. The lowest BCUT2D eigenvalue weighted by molar-refractivity contribution is -0.117. The summed E-state index contributed by atoms with van der Waals surface area (Å²) in [4.78, 5) is 30.8. The normalized spacial score (nSPS) is 18.6. The first-order chi connectivity index (χ1) is 16.5. The summed E-state index contributed by atoms with van der Waals surface area (Å²) in [6, 6.07) is 7.32. The Hall–Kier alpha value is -3.13. The highest BCUT2D eigenvalue weighted by Crippen LogP contribution is 2.33. The van der Waals surface area contributed by atoms with Gasteiger partial charge in [-0.25, -0.2) is 4.98 Å². The summed E-state index contributed by atoms with van der Waals surface area (Å²) in [5.74, 6) is 2.48. The minimum atomic E-state index is -0.243. The second-order valence-electron chi connectivity index (χ2n) is 9.52. The predicted octanol–water partition coefficient (Wildman–Crippen LogP) is 4.78. The average Bonchev–Trinajstić information content (AvgIpc) is 3.60. The van der Waals surface area contributed by atoms with Gasteiger partial charge in [0, 0.05) is 25.8 Å². The number of fused-ring (bicyclic) bond motifs is 1. The number of ether oxygens (including phenoxy) is 1. The van der Waals surface area contributed by atoms with Gasteiger partial charge in [-0.15, -0.1) is 0 Å². The Bertz CT molecular complexity index is 1200. The monoisotopic (exact) mass is 464 g/mol. The molecule has 1 aliphatic heterocycles. The number of nitrogens with one attached hydrogen (secondary N) is 2. The minimum Gasteiger partial charge on any atom is -0.465 e. The molecule has 180 valence electrons. The SMILES string of the molecule is Cc1ccc(CNC(=O)c2cc(NC(=O)CC3CCCC3)cc3nc(C4CCCO4)n(C)c23)o1. The van der Waals surface area contributed by atoms with E-state index in [4.69, 9.17) is 14.1 Å². The van der Waals surface area contributed by atoms with Crippen molar-refractivity contribution in [2.24, 2.45) is 13.0 Å². The number of nitrogens with zero attached hydrogens (tertiary/aromatic N) is 2. The quantitative estimate of drug-likeness (QED) is 0.525. The van der Waals surface area contributed by atoms with Gasteiger partial charge in [-0.2, -0.15) is 0 Å². The lowest BCUT2D eigenvalue weighted by atomic mass is 10.0. The summed E-state index contributed by atoms with van der Waals surface area (Å²) in [6.45, 7) is 2.87. The Kier molecular flexibility index (Phi) is 6.41. The molecular formula is C26H32N4O4. The molecule has 3 heterocycles. The molecule has 8 heteroatoms. The van der Waals surface area contributed by atoms with E-state index in [1.807, 2.05) is 36.7 Å². The van der Waals surface area contributed by atoms with Gasteiger partial charge in [0.25, 0.3) is 5.91 Å². The topological polar surface area (TPSA) is 98.4 Å². The number of hydrogen-bond acceptors (Lipinski definition) is 5. The molecule has 1 unspecified atom stereocenters. The zero-order valence-corrected chi connectivity index (χ0v) is 19.9. The molecule has 1 atom stereocenters. The molecule has 8 nitrogen and oxygen atoms in total. The van der Waals surface area contributed by atoms with Gasteiger partial charge < -0.3 is 24.4 Å². The molecular weight excluding hydrogens is 432 g/mol. The van der Waals surface area contributed by atoms with Crippen LogP contribution in [0, 0.1) is 12.8 Å². The first kappa shape index (κ1) is 22.7. The van der Waals surface area contributed by atoms with Crippen molar-refractivity contribution in [3.8, 4) is 0 Å². The van der Waals surface area contributed by atoms with Crippen LogP contribution in [0.4, 0.5) is 5.69 Å². The second-order valence-corrected chi connectivity index (χ2v) is 9.52. The van der Waals surface area contributed by atoms with Crippen LogP contribution in [0.15, 0.2) is 28.7 Å². The molecule has 1 aromatic carbocycles. The number of furan rings is 1. The second kappa shape index (κ2) is 9.62. The van der Waals surface area contributed by atoms with E-state index in [1.54, 1.807) is 6.07 Å². The first-order valence-electron chi connectivity index (χ1n) is 12.2. The Balaban J connectivity index is 1.44. The molecule has 2 N–H and O–H groups in total. The van der Waals surface area contributed by atoms with Crippen LogP contribution in [-0.4, -0.2) is 28.0 Å². The Morgan fingerprint density at radius 2 is 1.97 bits per heavy atom. The lowest BCUT2D eigenvalue weighted by Crippen LogP contribution is -2.24. The Morgan fingerprint density at radius 3 is 2.68 bits per heavy atom. The van der Waals surface area contributed by atoms with E-state index in [2.05, 4.69) is 10.6 Å². The molecule has 0 bridgehead atoms. The molecule has 2 fully saturated rings. The third-order valence-electron chi connectivity index (χ3n) is 6.92. The van der Waals surface area contributed by atoms with Gasteiger partial charge in [-0.1, -0.05) is 12.8 Å². The van der Waals surface area contributed by atoms with Gasteiger partial charge in [0.05, 0.1) is 23.1 Å². The number of rotatable bonds is 7. The first-order valence-corrected chi connectivity index (χ1v) is 12.2. The van der Waals surface area contributed by atoms with Gasteiger partial charge in [-0.05, 0) is 62.8 Å². The summed E-state index contributed by atoms with van der Waals surface area (Å²) in [6.07, 6.45) is 6.94. The van der Waals surface area contributed by atoms with Crippen LogP contribution in [0.1, 0.15) is 78.8 Å². The van der Waals surface area contributed by atoms with Gasteiger partial charge in [0.1, 0.15) is 23.4 Å². The van der Waals surface area contributed by atoms with E-state index in [0.29, 0.717) is 41.5 Å². The largest absolute Gasteiger partial charge is 0.465 e. The van der Waals surface area contributed by atoms with Crippen LogP contribution in [0.3, 0.4) is 0 Å². The van der Waals surface area contributed by atoms with Crippen molar-refractivity contribution in [1.82, 2.24) is 14.9 Å². The fourth-order valence-electron chi connectivity index (χ4n) is 5.22. The van der Waals surface area contributed by atoms with E-state index >= 15 is 0 Å². The lowest BCUT2D eigenvalue weighted by Gasteiger charge is -2.13. The predicted molar refractivity (Wildman–Crippen MR) is 128 cm³/mol. The van der Waals surface area contributed by atoms with Crippen LogP contribution in [0.5, 0.6) is 0 Å². The molecule has 2 aromatic heterocycles. The fourth-order valence-corrected chi connectivity index (χ4v) is 5.22. The molecule has 5 rings (SSSR count). The van der Waals surface area contributed by atoms with Crippen molar-refractivity contribution >= 4 is 28.5 Å². The smallest absolute Gasteiger partial charge is 0.253 e. The van der Waals surface area contributed by atoms with Crippen molar-refractivity contribution in [2.75, 3.05) is 11.9 Å². The number of benzene rings is 1.